The van der Waals surface area contributed by atoms with Gasteiger partial charge in [-0.2, -0.15) is 0 Å². The summed E-state index contributed by atoms with van der Waals surface area (Å²) in [6.07, 6.45) is 0. The van der Waals surface area contributed by atoms with Crippen molar-refractivity contribution in [2.24, 2.45) is 0 Å². The van der Waals surface area contributed by atoms with Crippen molar-refractivity contribution >= 4 is 33.4 Å². The molecule has 1 aromatic heterocycles. The molecule has 30 heavy (non-hydrogen) atoms. The highest BCUT2D eigenvalue weighted by Crippen LogP contribution is 2.23. The molecule has 3 rings (SSSR count). The first-order valence-electron chi connectivity index (χ1n) is 9.31. The summed E-state index contributed by atoms with van der Waals surface area (Å²) in [5, 5.41) is 2.86. The highest BCUT2D eigenvalue weighted by Gasteiger charge is 2.12. The number of carbonyl (C=O) groups is 2. The molecular formula is C23H22BrN3O3. The van der Waals surface area contributed by atoms with Gasteiger partial charge < -0.3 is 15.0 Å². The lowest BCUT2D eigenvalue weighted by Crippen LogP contribution is -2.27. The van der Waals surface area contributed by atoms with Crippen LogP contribution in [-0.2, 0) is 4.79 Å². The minimum Gasteiger partial charge on any atom is -0.484 e. The average Bonchev–Trinajstić information content (AvgIpc) is 2.72. The van der Waals surface area contributed by atoms with Crippen LogP contribution in [0.5, 0.6) is 5.75 Å². The third-order valence-corrected chi connectivity index (χ3v) is 4.92. The first-order chi connectivity index (χ1) is 14.3. The topological polar surface area (TPSA) is 71.5 Å². The molecule has 0 aliphatic heterocycles. The van der Waals surface area contributed by atoms with Gasteiger partial charge in [0.2, 0.25) is 0 Å². The lowest BCUT2D eigenvalue weighted by Gasteiger charge is -2.12. The fourth-order valence-corrected chi connectivity index (χ4v) is 3.12. The van der Waals surface area contributed by atoms with Gasteiger partial charge in [0.1, 0.15) is 5.75 Å². The van der Waals surface area contributed by atoms with Crippen molar-refractivity contribution in [1.82, 2.24) is 9.88 Å². The van der Waals surface area contributed by atoms with Crippen molar-refractivity contribution in [2.75, 3.05) is 26.0 Å². The van der Waals surface area contributed by atoms with Crippen LogP contribution in [0, 0.1) is 6.92 Å². The smallest absolute Gasteiger partial charge is 0.259 e. The second kappa shape index (κ2) is 9.54. The van der Waals surface area contributed by atoms with Crippen molar-refractivity contribution in [2.45, 2.75) is 6.92 Å². The van der Waals surface area contributed by atoms with E-state index >= 15 is 0 Å². The fourth-order valence-electron chi connectivity index (χ4n) is 2.72. The summed E-state index contributed by atoms with van der Waals surface area (Å²) < 4.78 is 6.41. The van der Waals surface area contributed by atoms with E-state index in [1.54, 1.807) is 44.4 Å². The number of amides is 2. The Kier molecular flexibility index (Phi) is 6.84. The molecule has 0 spiro atoms. The number of ether oxygens (including phenoxy) is 1. The van der Waals surface area contributed by atoms with Crippen LogP contribution >= 0.6 is 15.9 Å². The van der Waals surface area contributed by atoms with Gasteiger partial charge in [-0.15, -0.1) is 0 Å². The maximum Gasteiger partial charge on any atom is 0.259 e. The standard InChI is InChI=1S/C23H22BrN3O3/c1-15-20(11-12-21(25-15)16-5-4-6-17(24)13-16)23(29)26-18-7-9-19(10-8-18)30-14-22(28)27(2)3/h4-13H,14H2,1-3H3,(H,26,29). The molecule has 0 saturated heterocycles. The zero-order valence-electron chi connectivity index (χ0n) is 17.0. The SMILES string of the molecule is Cc1nc(-c2cccc(Br)c2)ccc1C(=O)Nc1ccc(OCC(=O)N(C)C)cc1. The predicted octanol–water partition coefficient (Wildman–Crippen LogP) is 4.54. The first-order valence-corrected chi connectivity index (χ1v) is 10.1. The number of benzene rings is 2. The summed E-state index contributed by atoms with van der Waals surface area (Å²) in [6.45, 7) is 1.78. The van der Waals surface area contributed by atoms with Crippen molar-refractivity contribution in [1.29, 1.82) is 0 Å². The van der Waals surface area contributed by atoms with Crippen LogP contribution in [0.25, 0.3) is 11.3 Å². The van der Waals surface area contributed by atoms with Crippen LogP contribution in [-0.4, -0.2) is 42.4 Å². The predicted molar refractivity (Wildman–Crippen MR) is 121 cm³/mol. The van der Waals surface area contributed by atoms with Crippen molar-refractivity contribution < 1.29 is 14.3 Å². The van der Waals surface area contributed by atoms with E-state index in [1.807, 2.05) is 37.3 Å². The highest BCUT2D eigenvalue weighted by molar-refractivity contribution is 9.10. The summed E-state index contributed by atoms with van der Waals surface area (Å²) in [5.41, 5.74) is 3.56. The van der Waals surface area contributed by atoms with Crippen LogP contribution in [0.3, 0.4) is 0 Å². The Bertz CT molecular complexity index is 1070. The fraction of sp³-hybridized carbons (Fsp3) is 0.174. The third kappa shape index (κ3) is 5.45. The van der Waals surface area contributed by atoms with Gasteiger partial charge >= 0.3 is 0 Å². The minimum absolute atomic E-state index is 0.0338. The van der Waals surface area contributed by atoms with Crippen LogP contribution in [0.2, 0.25) is 0 Å². The lowest BCUT2D eigenvalue weighted by molar-refractivity contribution is -0.130. The molecule has 1 heterocycles. The molecule has 0 saturated carbocycles. The van der Waals surface area contributed by atoms with E-state index in [9.17, 15) is 9.59 Å². The lowest BCUT2D eigenvalue weighted by atomic mass is 10.1. The van der Waals surface area contributed by atoms with Crippen molar-refractivity contribution in [3.05, 3.63) is 76.4 Å². The summed E-state index contributed by atoms with van der Waals surface area (Å²) in [5.74, 6) is 0.193. The second-order valence-electron chi connectivity index (χ2n) is 6.90. The van der Waals surface area contributed by atoms with E-state index in [4.69, 9.17) is 4.74 Å². The van der Waals surface area contributed by atoms with Gasteiger partial charge in [0.25, 0.3) is 11.8 Å². The van der Waals surface area contributed by atoms with E-state index < -0.39 is 0 Å². The Labute approximate surface area is 184 Å². The van der Waals surface area contributed by atoms with Crippen LogP contribution in [0.4, 0.5) is 5.69 Å². The van der Waals surface area contributed by atoms with E-state index in [-0.39, 0.29) is 18.4 Å². The zero-order valence-corrected chi connectivity index (χ0v) is 18.6. The molecule has 2 amide bonds. The molecule has 0 bridgehead atoms. The number of aryl methyl sites for hydroxylation is 1. The zero-order chi connectivity index (χ0) is 21.7. The van der Waals surface area contributed by atoms with Crippen LogP contribution in [0.1, 0.15) is 16.1 Å². The number of hydrogen-bond acceptors (Lipinski definition) is 4. The Balaban J connectivity index is 1.66. The Morgan fingerprint density at radius 2 is 1.80 bits per heavy atom. The molecule has 0 aliphatic carbocycles. The molecule has 1 N–H and O–H groups in total. The van der Waals surface area contributed by atoms with Gasteiger partial charge in [-0.25, -0.2) is 0 Å². The highest BCUT2D eigenvalue weighted by atomic mass is 79.9. The van der Waals surface area contributed by atoms with Gasteiger partial charge in [-0.3, -0.25) is 14.6 Å². The number of hydrogen-bond donors (Lipinski definition) is 1. The van der Waals surface area contributed by atoms with Gasteiger partial charge in [0, 0.05) is 29.8 Å². The molecule has 154 valence electrons. The number of nitrogens with one attached hydrogen (secondary N) is 1. The van der Waals surface area contributed by atoms with Gasteiger partial charge in [-0.1, -0.05) is 28.1 Å². The van der Waals surface area contributed by atoms with Crippen LogP contribution in [0.15, 0.2) is 65.1 Å². The largest absolute Gasteiger partial charge is 0.484 e. The van der Waals surface area contributed by atoms with E-state index in [2.05, 4.69) is 26.2 Å². The van der Waals surface area contributed by atoms with E-state index in [0.717, 1.165) is 15.7 Å². The number of anilines is 1. The Morgan fingerprint density at radius 1 is 1.07 bits per heavy atom. The molecule has 7 heteroatoms. The summed E-state index contributed by atoms with van der Waals surface area (Å²) in [6, 6.07) is 18.3. The molecule has 0 radical (unpaired) electrons. The first kappa shape index (κ1) is 21.5. The number of pyridine rings is 1. The quantitative estimate of drug-likeness (QED) is 0.577. The van der Waals surface area contributed by atoms with Gasteiger partial charge in [0.15, 0.2) is 6.61 Å². The Morgan fingerprint density at radius 3 is 2.43 bits per heavy atom. The molecule has 2 aromatic carbocycles. The summed E-state index contributed by atoms with van der Waals surface area (Å²) in [4.78, 5) is 30.3. The maximum atomic E-state index is 12.7. The van der Waals surface area contributed by atoms with Crippen LogP contribution < -0.4 is 10.1 Å². The van der Waals surface area contributed by atoms with Crippen molar-refractivity contribution in [3.63, 3.8) is 0 Å². The molecule has 0 fully saturated rings. The Hall–Kier alpha value is -3.19. The number of halogens is 1. The molecular weight excluding hydrogens is 446 g/mol. The number of aromatic nitrogens is 1. The minimum atomic E-state index is -0.239. The van der Waals surface area contributed by atoms with Gasteiger partial charge in [-0.05, 0) is 55.5 Å². The number of nitrogens with zero attached hydrogens (tertiary/aromatic N) is 2. The summed E-state index contributed by atoms with van der Waals surface area (Å²) in [7, 11) is 3.35. The molecule has 0 aliphatic rings. The monoisotopic (exact) mass is 467 g/mol. The molecule has 3 aromatic rings. The third-order valence-electron chi connectivity index (χ3n) is 4.42. The normalized spacial score (nSPS) is 10.4. The molecule has 0 unspecified atom stereocenters. The number of likely N-dealkylation sites (N-methyl/N-ethyl adjacent to an activating group) is 1. The van der Waals surface area contributed by atoms with E-state index in [1.165, 1.54) is 4.90 Å². The number of rotatable bonds is 6. The second-order valence-corrected chi connectivity index (χ2v) is 7.81. The van der Waals surface area contributed by atoms with Gasteiger partial charge in [0.05, 0.1) is 17.0 Å². The summed E-state index contributed by atoms with van der Waals surface area (Å²) >= 11 is 3.46. The average molecular weight is 468 g/mol. The maximum absolute atomic E-state index is 12.7. The van der Waals surface area contributed by atoms with E-state index in [0.29, 0.717) is 22.7 Å². The number of carbonyl (C=O) groups excluding carboxylic acids is 2. The molecule has 6 nitrogen and oxygen atoms in total. The van der Waals surface area contributed by atoms with Crippen molar-refractivity contribution in [3.8, 4) is 17.0 Å². The molecule has 0 atom stereocenters.